The molecule has 2 amide bonds. The number of hydrogen-bond acceptors (Lipinski definition) is 7. The second-order valence-corrected chi connectivity index (χ2v) is 14.6. The van der Waals surface area contributed by atoms with Crippen molar-refractivity contribution >= 4 is 44.8 Å². The zero-order chi connectivity index (χ0) is 32.6. The number of likely N-dealkylation sites (tertiary alicyclic amines) is 1. The number of hydrogen-bond donors (Lipinski definition) is 2. The minimum absolute atomic E-state index is 0.116. The van der Waals surface area contributed by atoms with Crippen LogP contribution in [0.3, 0.4) is 0 Å². The third kappa shape index (κ3) is 6.81. The van der Waals surface area contributed by atoms with Crippen molar-refractivity contribution in [3.05, 3.63) is 94.1 Å². The fourth-order valence-electron chi connectivity index (χ4n) is 5.21. The number of urea groups is 1. The number of quaternary nitrogens is 1. The third-order valence-electron chi connectivity index (χ3n) is 7.41. The molecule has 45 heavy (non-hydrogen) atoms. The number of sulfonamides is 1. The summed E-state index contributed by atoms with van der Waals surface area (Å²) in [6.07, 6.45) is -2.16. The van der Waals surface area contributed by atoms with Gasteiger partial charge in [-0.1, -0.05) is 23.7 Å². The Kier molecular flexibility index (Phi) is 8.92. The lowest BCUT2D eigenvalue weighted by atomic mass is 10.1. The molecule has 4 aromatic rings. The maximum atomic E-state index is 14.7. The standard InChI is InChI=1S/C29H25ClF5N5O3S2/c1-18-14-28(31,32)17-40(18,45(42,43)26-7-6-24(30)44-26)27(41)38-16-20-12-23(21-2-4-22(5-3-21)29(33,34)35)39-25(13-20)37-15-19-8-10-36-11-9-19/h2-13,18H,14-17H2,1H3,(H-,37,38,39,41)/p+1/t18-,40?/m1/s1. The Hall–Kier alpha value is -3.66. The minimum atomic E-state index is -4.66. The van der Waals surface area contributed by atoms with Crippen LogP contribution in [0.2, 0.25) is 4.34 Å². The molecule has 1 fully saturated rings. The van der Waals surface area contributed by atoms with Gasteiger partial charge < -0.3 is 10.6 Å². The lowest BCUT2D eigenvalue weighted by Crippen LogP contribution is -2.62. The van der Waals surface area contributed by atoms with Crippen molar-refractivity contribution in [2.45, 2.75) is 48.8 Å². The van der Waals surface area contributed by atoms with Crippen molar-refractivity contribution in [2.75, 3.05) is 11.9 Å². The highest BCUT2D eigenvalue weighted by Gasteiger charge is 2.66. The van der Waals surface area contributed by atoms with Crippen molar-refractivity contribution in [3.8, 4) is 11.3 Å². The molecule has 0 bridgehead atoms. The maximum absolute atomic E-state index is 14.7. The Morgan fingerprint density at radius 2 is 1.73 bits per heavy atom. The maximum Gasteiger partial charge on any atom is 0.432 e. The Morgan fingerprint density at radius 3 is 2.31 bits per heavy atom. The summed E-state index contributed by atoms with van der Waals surface area (Å²) in [5.74, 6) is -3.12. The van der Waals surface area contributed by atoms with Gasteiger partial charge in [-0.3, -0.25) is 4.98 Å². The summed E-state index contributed by atoms with van der Waals surface area (Å²) in [4.78, 5) is 22.2. The SMILES string of the molecule is C[C@@H]1CC(F)(F)C[N+]1(C(=O)NCc1cc(NCc2ccncc2)nc(-c2ccc(C(F)(F)F)cc2)c1)S(=O)(=O)c1ccc(Cl)s1. The first-order valence-corrected chi connectivity index (χ1v) is 16.1. The van der Waals surface area contributed by atoms with Crippen molar-refractivity contribution < 1.29 is 39.1 Å². The number of halogens is 6. The van der Waals surface area contributed by atoms with E-state index in [0.29, 0.717) is 34.8 Å². The zero-order valence-electron chi connectivity index (χ0n) is 23.5. The molecule has 1 aliphatic rings. The van der Waals surface area contributed by atoms with Gasteiger partial charge in [0.2, 0.25) is 0 Å². The average molecular weight is 687 g/mol. The monoisotopic (exact) mass is 686 g/mol. The van der Waals surface area contributed by atoms with E-state index in [0.717, 1.165) is 17.7 Å². The highest BCUT2D eigenvalue weighted by molar-refractivity contribution is 7.88. The molecule has 5 rings (SSSR count). The molecule has 2 atom stereocenters. The molecule has 0 spiro atoms. The Balaban J connectivity index is 1.47. The molecule has 1 aliphatic heterocycles. The molecule has 4 heterocycles. The lowest BCUT2D eigenvalue weighted by molar-refractivity contribution is -0.738. The van der Waals surface area contributed by atoms with Crippen LogP contribution in [0, 0.1) is 0 Å². The molecule has 1 unspecified atom stereocenters. The number of benzene rings is 1. The summed E-state index contributed by atoms with van der Waals surface area (Å²) >= 11 is 6.60. The topological polar surface area (TPSA) is 101 Å². The number of rotatable bonds is 8. The number of thiophene rings is 1. The van der Waals surface area contributed by atoms with Gasteiger partial charge in [-0.2, -0.15) is 21.6 Å². The van der Waals surface area contributed by atoms with E-state index >= 15 is 0 Å². The molecule has 2 N–H and O–H groups in total. The van der Waals surface area contributed by atoms with Crippen molar-refractivity contribution in [2.24, 2.45) is 0 Å². The number of pyridine rings is 2. The van der Waals surface area contributed by atoms with Gasteiger partial charge in [0.05, 0.1) is 22.0 Å². The van der Waals surface area contributed by atoms with Crippen LogP contribution < -0.4 is 10.6 Å². The molecule has 238 valence electrons. The second kappa shape index (κ2) is 12.3. The molecule has 3 aromatic heterocycles. The van der Waals surface area contributed by atoms with Crippen LogP contribution in [0.5, 0.6) is 0 Å². The van der Waals surface area contributed by atoms with Gasteiger partial charge in [-0.15, -0.1) is 15.2 Å². The first kappa shape index (κ1) is 32.7. The van der Waals surface area contributed by atoms with Crippen molar-refractivity contribution in [1.82, 2.24) is 15.3 Å². The van der Waals surface area contributed by atoms with Crippen LogP contribution in [0.1, 0.15) is 30.0 Å². The molecular weight excluding hydrogens is 661 g/mol. The van der Waals surface area contributed by atoms with Crippen LogP contribution in [0.15, 0.2) is 77.3 Å². The Labute approximate surface area is 264 Å². The average Bonchev–Trinajstić information content (AvgIpc) is 3.55. The number of carbonyl (C=O) groups is 1. The highest BCUT2D eigenvalue weighted by atomic mass is 35.5. The van der Waals surface area contributed by atoms with E-state index in [1.165, 1.54) is 37.3 Å². The Bertz CT molecular complexity index is 1800. The molecule has 1 saturated heterocycles. The van der Waals surface area contributed by atoms with Crippen LogP contribution in [0.25, 0.3) is 11.3 Å². The van der Waals surface area contributed by atoms with Gasteiger partial charge in [0, 0.05) is 31.0 Å². The van der Waals surface area contributed by atoms with Gasteiger partial charge in [0.1, 0.15) is 11.9 Å². The smallest absolute Gasteiger partial charge is 0.366 e. The predicted octanol–water partition coefficient (Wildman–Crippen LogP) is 7.33. The number of amides is 2. The van der Waals surface area contributed by atoms with Crippen LogP contribution >= 0.6 is 22.9 Å². The fraction of sp³-hybridized carbons (Fsp3) is 0.276. The summed E-state index contributed by atoms with van der Waals surface area (Å²) in [6.45, 7) is 0.0389. The number of nitrogens with one attached hydrogen (secondary N) is 2. The van der Waals surface area contributed by atoms with Crippen molar-refractivity contribution in [1.29, 1.82) is 0 Å². The van der Waals surface area contributed by atoms with Gasteiger partial charge in [-0.25, -0.2) is 18.6 Å². The number of anilines is 1. The summed E-state index contributed by atoms with van der Waals surface area (Å²) in [5, 5.41) is 5.64. The Morgan fingerprint density at radius 1 is 1.04 bits per heavy atom. The third-order valence-corrected chi connectivity index (χ3v) is 11.5. The highest BCUT2D eigenvalue weighted by Crippen LogP contribution is 2.44. The van der Waals surface area contributed by atoms with Gasteiger partial charge >= 0.3 is 28.2 Å². The molecule has 0 radical (unpaired) electrons. The summed E-state index contributed by atoms with van der Waals surface area (Å²) in [7, 11) is -4.66. The van der Waals surface area contributed by atoms with E-state index in [4.69, 9.17) is 11.6 Å². The van der Waals surface area contributed by atoms with Gasteiger partial charge in [0.25, 0.3) is 0 Å². The van der Waals surface area contributed by atoms with Crippen LogP contribution in [-0.4, -0.2) is 46.8 Å². The first-order chi connectivity index (χ1) is 21.1. The van der Waals surface area contributed by atoms with Gasteiger partial charge in [0.15, 0.2) is 10.8 Å². The molecular formula is C29H26ClF5N5O3S2+. The molecule has 8 nitrogen and oxygen atoms in total. The van der Waals surface area contributed by atoms with E-state index < -0.39 is 56.6 Å². The number of nitrogens with zero attached hydrogens (tertiary/aromatic N) is 3. The predicted molar refractivity (Wildman–Crippen MR) is 159 cm³/mol. The number of carbonyl (C=O) groups excluding carboxylic acids is 1. The van der Waals surface area contributed by atoms with Gasteiger partial charge in [-0.05, 0) is 66.6 Å². The molecule has 16 heteroatoms. The van der Waals surface area contributed by atoms with E-state index in [9.17, 15) is 35.2 Å². The largest absolute Gasteiger partial charge is 0.432 e. The van der Waals surface area contributed by atoms with E-state index in [1.54, 1.807) is 30.6 Å². The number of alkyl halides is 5. The molecule has 1 aromatic carbocycles. The van der Waals surface area contributed by atoms with Crippen molar-refractivity contribution in [3.63, 3.8) is 0 Å². The number of aromatic nitrogens is 2. The fourth-order valence-corrected chi connectivity index (χ4v) is 8.96. The zero-order valence-corrected chi connectivity index (χ0v) is 25.9. The summed E-state index contributed by atoms with van der Waals surface area (Å²) in [5.41, 5.74) is 1.01. The summed E-state index contributed by atoms with van der Waals surface area (Å²) < 4.78 is 94.6. The summed E-state index contributed by atoms with van der Waals surface area (Å²) in [6, 6.07) is 11.0. The normalized spacial score (nSPS) is 19.8. The van der Waals surface area contributed by atoms with Crippen LogP contribution in [-0.2, 0) is 29.3 Å². The quantitative estimate of drug-likeness (QED) is 0.149. The first-order valence-electron chi connectivity index (χ1n) is 13.5. The molecule has 0 aliphatic carbocycles. The second-order valence-electron chi connectivity index (χ2n) is 10.6. The van der Waals surface area contributed by atoms with Crippen LogP contribution in [0.4, 0.5) is 32.6 Å². The molecule has 0 saturated carbocycles. The van der Waals surface area contributed by atoms with E-state index in [-0.39, 0.29) is 20.8 Å². The van der Waals surface area contributed by atoms with E-state index in [1.807, 2.05) is 0 Å². The lowest BCUT2D eigenvalue weighted by Gasteiger charge is -2.32. The van der Waals surface area contributed by atoms with E-state index in [2.05, 4.69) is 20.6 Å². The minimum Gasteiger partial charge on any atom is -0.366 e.